The lowest BCUT2D eigenvalue weighted by molar-refractivity contribution is -0.384. The Morgan fingerprint density at radius 3 is 2.51 bits per heavy atom. The average Bonchev–Trinajstić information content (AvgIpc) is 3.11. The van der Waals surface area contributed by atoms with Gasteiger partial charge in [-0.15, -0.1) is 0 Å². The molecule has 4 rings (SSSR count). The molecule has 0 bridgehead atoms. The standard InChI is InChI=1S/C26H18Cl2N4O3/c1-16-21(13-18(14-29)26(33)30-23-7-4-6-22(27)25(23)28)20-5-2-3-8-24(20)31(16)15-17-9-11-19(12-10-17)32(34)35/h2-13H,15H2,1H3,(H,30,33)/b18-13+. The largest absolute Gasteiger partial charge is 0.340 e. The summed E-state index contributed by atoms with van der Waals surface area (Å²) in [5, 5.41) is 24.7. The van der Waals surface area contributed by atoms with Crippen LogP contribution in [-0.4, -0.2) is 15.4 Å². The summed E-state index contributed by atoms with van der Waals surface area (Å²) in [6.07, 6.45) is 1.55. The topological polar surface area (TPSA) is 101 Å². The maximum absolute atomic E-state index is 12.9. The third-order valence-electron chi connectivity index (χ3n) is 5.62. The maximum Gasteiger partial charge on any atom is 0.269 e. The summed E-state index contributed by atoms with van der Waals surface area (Å²) in [7, 11) is 0. The molecular formula is C26H18Cl2N4O3. The van der Waals surface area contributed by atoms with Crippen LogP contribution in [0.5, 0.6) is 0 Å². The van der Waals surface area contributed by atoms with Crippen molar-refractivity contribution in [3.63, 3.8) is 0 Å². The highest BCUT2D eigenvalue weighted by Crippen LogP contribution is 2.31. The number of nitrogens with one attached hydrogen (secondary N) is 1. The summed E-state index contributed by atoms with van der Waals surface area (Å²) < 4.78 is 2.04. The molecule has 0 aliphatic rings. The van der Waals surface area contributed by atoms with E-state index in [-0.39, 0.29) is 21.3 Å². The fraction of sp³-hybridized carbons (Fsp3) is 0.0769. The second kappa shape index (κ2) is 10.0. The summed E-state index contributed by atoms with van der Waals surface area (Å²) in [6.45, 7) is 2.36. The number of para-hydroxylation sites is 1. The highest BCUT2D eigenvalue weighted by Gasteiger charge is 2.17. The van der Waals surface area contributed by atoms with Crippen LogP contribution in [0.2, 0.25) is 10.0 Å². The molecule has 9 heteroatoms. The van der Waals surface area contributed by atoms with Crippen LogP contribution in [0, 0.1) is 28.4 Å². The lowest BCUT2D eigenvalue weighted by atomic mass is 10.1. The Balaban J connectivity index is 1.72. The van der Waals surface area contributed by atoms with Crippen molar-refractivity contribution in [2.45, 2.75) is 13.5 Å². The van der Waals surface area contributed by atoms with Crippen molar-refractivity contribution >= 4 is 57.5 Å². The van der Waals surface area contributed by atoms with Gasteiger partial charge in [-0.1, -0.05) is 59.6 Å². The first-order valence-electron chi connectivity index (χ1n) is 10.5. The molecule has 3 aromatic carbocycles. The van der Waals surface area contributed by atoms with Gasteiger partial charge in [0.05, 0.1) is 20.7 Å². The lowest BCUT2D eigenvalue weighted by Crippen LogP contribution is -2.14. The van der Waals surface area contributed by atoms with Gasteiger partial charge < -0.3 is 9.88 Å². The van der Waals surface area contributed by atoms with Crippen LogP contribution < -0.4 is 5.32 Å². The van der Waals surface area contributed by atoms with Crippen molar-refractivity contribution in [1.82, 2.24) is 4.57 Å². The minimum absolute atomic E-state index is 0.0240. The van der Waals surface area contributed by atoms with Crippen LogP contribution in [0.25, 0.3) is 17.0 Å². The van der Waals surface area contributed by atoms with E-state index in [1.807, 2.05) is 41.8 Å². The molecule has 0 aliphatic heterocycles. The fourth-order valence-corrected chi connectivity index (χ4v) is 4.18. The second-order valence-electron chi connectivity index (χ2n) is 7.75. The molecule has 0 saturated heterocycles. The molecule has 1 heterocycles. The van der Waals surface area contributed by atoms with Gasteiger partial charge in [-0.2, -0.15) is 5.26 Å². The molecule has 0 radical (unpaired) electrons. The van der Waals surface area contributed by atoms with E-state index in [1.165, 1.54) is 12.1 Å². The van der Waals surface area contributed by atoms with Crippen molar-refractivity contribution in [2.24, 2.45) is 0 Å². The maximum atomic E-state index is 12.9. The molecule has 4 aromatic rings. The fourth-order valence-electron chi connectivity index (χ4n) is 3.83. The molecular weight excluding hydrogens is 487 g/mol. The van der Waals surface area contributed by atoms with Gasteiger partial charge in [0.2, 0.25) is 0 Å². The molecule has 1 N–H and O–H groups in total. The predicted molar refractivity (Wildman–Crippen MR) is 138 cm³/mol. The van der Waals surface area contributed by atoms with E-state index >= 15 is 0 Å². The van der Waals surface area contributed by atoms with Crippen molar-refractivity contribution < 1.29 is 9.72 Å². The number of halogens is 2. The van der Waals surface area contributed by atoms with Gasteiger partial charge in [0, 0.05) is 40.8 Å². The highest BCUT2D eigenvalue weighted by atomic mass is 35.5. The van der Waals surface area contributed by atoms with Crippen LogP contribution >= 0.6 is 23.2 Å². The third kappa shape index (κ3) is 4.90. The minimum Gasteiger partial charge on any atom is -0.340 e. The number of aromatic nitrogens is 1. The summed E-state index contributed by atoms with van der Waals surface area (Å²) >= 11 is 12.2. The van der Waals surface area contributed by atoms with Gasteiger partial charge in [0.1, 0.15) is 11.6 Å². The van der Waals surface area contributed by atoms with Crippen molar-refractivity contribution in [2.75, 3.05) is 5.32 Å². The Labute approximate surface area is 211 Å². The zero-order valence-electron chi connectivity index (χ0n) is 18.5. The molecule has 174 valence electrons. The minimum atomic E-state index is -0.608. The SMILES string of the molecule is Cc1c(/C=C(\C#N)C(=O)Nc2cccc(Cl)c2Cl)c2ccccc2n1Cc1ccc([N+](=O)[O-])cc1. The number of anilines is 1. The molecule has 1 aromatic heterocycles. The summed E-state index contributed by atoms with van der Waals surface area (Å²) in [6, 6.07) is 20.8. The normalized spacial score (nSPS) is 11.3. The molecule has 0 aliphatic carbocycles. The first-order chi connectivity index (χ1) is 16.8. The average molecular weight is 505 g/mol. The molecule has 0 unspecified atom stereocenters. The van der Waals surface area contributed by atoms with E-state index in [4.69, 9.17) is 23.2 Å². The molecule has 0 atom stereocenters. The van der Waals surface area contributed by atoms with Crippen molar-refractivity contribution in [3.05, 3.63) is 109 Å². The van der Waals surface area contributed by atoms with E-state index in [0.717, 1.165) is 27.7 Å². The van der Waals surface area contributed by atoms with Crippen molar-refractivity contribution in [1.29, 1.82) is 5.26 Å². The number of hydrogen-bond acceptors (Lipinski definition) is 4. The Kier molecular flexibility index (Phi) is 6.87. The molecule has 0 fully saturated rings. The van der Waals surface area contributed by atoms with Gasteiger partial charge in [-0.05, 0) is 36.8 Å². The number of amides is 1. The van der Waals surface area contributed by atoms with Crippen LogP contribution in [0.1, 0.15) is 16.8 Å². The van der Waals surface area contributed by atoms with Crippen LogP contribution in [0.4, 0.5) is 11.4 Å². The van der Waals surface area contributed by atoms with Crippen molar-refractivity contribution in [3.8, 4) is 6.07 Å². The Morgan fingerprint density at radius 1 is 1.11 bits per heavy atom. The van der Waals surface area contributed by atoms with Crippen LogP contribution in [-0.2, 0) is 11.3 Å². The molecule has 7 nitrogen and oxygen atoms in total. The highest BCUT2D eigenvalue weighted by molar-refractivity contribution is 6.44. The first kappa shape index (κ1) is 24.0. The van der Waals surface area contributed by atoms with Gasteiger partial charge in [0.15, 0.2) is 0 Å². The van der Waals surface area contributed by atoms with Gasteiger partial charge >= 0.3 is 0 Å². The number of non-ortho nitro benzene ring substituents is 1. The van der Waals surface area contributed by atoms with E-state index < -0.39 is 10.8 Å². The number of nitro groups is 1. The molecule has 35 heavy (non-hydrogen) atoms. The Morgan fingerprint density at radius 2 is 1.83 bits per heavy atom. The summed E-state index contributed by atoms with van der Waals surface area (Å²) in [4.78, 5) is 23.4. The van der Waals surface area contributed by atoms with Gasteiger partial charge in [-0.25, -0.2) is 0 Å². The van der Waals surface area contributed by atoms with Gasteiger partial charge in [0.25, 0.3) is 11.6 Å². The number of rotatable bonds is 6. The quantitative estimate of drug-likeness (QED) is 0.135. The zero-order chi connectivity index (χ0) is 25.1. The monoisotopic (exact) mass is 504 g/mol. The summed E-state index contributed by atoms with van der Waals surface area (Å²) in [5.41, 5.74) is 3.59. The number of fused-ring (bicyclic) bond motifs is 1. The first-order valence-corrected chi connectivity index (χ1v) is 11.2. The predicted octanol–water partition coefficient (Wildman–Crippen LogP) is 6.76. The lowest BCUT2D eigenvalue weighted by Gasteiger charge is -2.09. The number of benzene rings is 3. The number of carbonyl (C=O) groups is 1. The van der Waals surface area contributed by atoms with Crippen LogP contribution in [0.3, 0.4) is 0 Å². The Bertz CT molecular complexity index is 1530. The van der Waals surface area contributed by atoms with E-state index in [2.05, 4.69) is 5.32 Å². The number of hydrogen-bond donors (Lipinski definition) is 1. The molecule has 0 spiro atoms. The number of nitriles is 1. The van der Waals surface area contributed by atoms with E-state index in [1.54, 1.807) is 36.4 Å². The van der Waals surface area contributed by atoms with E-state index in [0.29, 0.717) is 12.2 Å². The number of nitrogens with zero attached hydrogens (tertiary/aromatic N) is 3. The number of nitro benzene ring substituents is 1. The van der Waals surface area contributed by atoms with Crippen LogP contribution in [0.15, 0.2) is 72.3 Å². The Hall–Kier alpha value is -4.12. The third-order valence-corrected chi connectivity index (χ3v) is 6.44. The summed E-state index contributed by atoms with van der Waals surface area (Å²) in [5.74, 6) is -0.608. The number of carbonyl (C=O) groups excluding carboxylic acids is 1. The molecule has 1 amide bonds. The molecule has 0 saturated carbocycles. The van der Waals surface area contributed by atoms with Gasteiger partial charge in [-0.3, -0.25) is 14.9 Å². The second-order valence-corrected chi connectivity index (χ2v) is 8.54. The smallest absolute Gasteiger partial charge is 0.269 e. The van der Waals surface area contributed by atoms with E-state index in [9.17, 15) is 20.2 Å². The zero-order valence-corrected chi connectivity index (χ0v) is 20.0.